The third kappa shape index (κ3) is 3.74. The number of benzene rings is 1. The topological polar surface area (TPSA) is 86.5 Å². The van der Waals surface area contributed by atoms with E-state index in [-0.39, 0.29) is 24.3 Å². The van der Waals surface area contributed by atoms with E-state index in [1.54, 1.807) is 59.1 Å². The number of hydrogen-bond acceptors (Lipinski definition) is 6. The van der Waals surface area contributed by atoms with E-state index in [0.717, 1.165) is 0 Å². The number of rotatable bonds is 4. The SMILES string of the molecule is C#Cc1nc2nc(C)c(COC(=O)C(C)(C)C)c-2c(O)n1-c1ccc(OC)cc1. The Labute approximate surface area is 169 Å². The number of methoxy groups -OCH3 is 1. The van der Waals surface area contributed by atoms with Gasteiger partial charge in [-0.25, -0.2) is 9.97 Å². The maximum Gasteiger partial charge on any atom is 0.311 e. The summed E-state index contributed by atoms with van der Waals surface area (Å²) in [6, 6.07) is 7.03. The van der Waals surface area contributed by atoms with Gasteiger partial charge >= 0.3 is 5.97 Å². The molecule has 1 aromatic carbocycles. The lowest BCUT2D eigenvalue weighted by Gasteiger charge is -2.18. The van der Waals surface area contributed by atoms with E-state index < -0.39 is 5.41 Å². The smallest absolute Gasteiger partial charge is 0.311 e. The Kier molecular flexibility index (Phi) is 5.21. The van der Waals surface area contributed by atoms with Gasteiger partial charge < -0.3 is 14.6 Å². The van der Waals surface area contributed by atoms with E-state index in [1.807, 2.05) is 0 Å². The van der Waals surface area contributed by atoms with Gasteiger partial charge in [0.25, 0.3) is 0 Å². The molecule has 2 aliphatic heterocycles. The van der Waals surface area contributed by atoms with Crippen molar-refractivity contribution in [3.8, 4) is 41.0 Å². The molecule has 0 atom stereocenters. The standard InChI is InChI=1S/C22H23N3O4/c1-7-17-24-19-18(16(13(2)23-19)12-29-21(27)22(3,4)5)20(26)25(17)14-8-10-15(28-6)11-9-14/h1,8-11,26H,12H2,2-6H3. The minimum absolute atomic E-state index is 0.0221. The highest BCUT2D eigenvalue weighted by Gasteiger charge is 2.28. The molecule has 0 radical (unpaired) electrons. The number of esters is 1. The van der Waals surface area contributed by atoms with Gasteiger partial charge in [-0.05, 0) is 57.9 Å². The Morgan fingerprint density at radius 1 is 1.24 bits per heavy atom. The van der Waals surface area contributed by atoms with Crippen LogP contribution in [0.4, 0.5) is 0 Å². The number of aromatic hydroxyl groups is 1. The van der Waals surface area contributed by atoms with Gasteiger partial charge in [0.2, 0.25) is 5.88 Å². The zero-order valence-corrected chi connectivity index (χ0v) is 17.1. The summed E-state index contributed by atoms with van der Waals surface area (Å²) in [6.07, 6.45) is 5.63. The minimum atomic E-state index is -0.635. The molecule has 3 rings (SSSR count). The highest BCUT2D eigenvalue weighted by atomic mass is 16.5. The fourth-order valence-electron chi connectivity index (χ4n) is 2.88. The summed E-state index contributed by atoms with van der Waals surface area (Å²) in [6.45, 7) is 7.08. The largest absolute Gasteiger partial charge is 0.497 e. The van der Waals surface area contributed by atoms with Crippen molar-refractivity contribution < 1.29 is 19.4 Å². The molecule has 2 heterocycles. The van der Waals surface area contributed by atoms with Crippen LogP contribution in [0.3, 0.4) is 0 Å². The summed E-state index contributed by atoms with van der Waals surface area (Å²) in [5.41, 5.74) is 1.58. The van der Waals surface area contributed by atoms with Crippen molar-refractivity contribution in [2.24, 2.45) is 5.41 Å². The number of terminal acetylenes is 1. The molecule has 1 aromatic rings. The fraction of sp³-hybridized carbons (Fsp3) is 0.318. The van der Waals surface area contributed by atoms with Crippen LogP contribution in [0.5, 0.6) is 11.6 Å². The highest BCUT2D eigenvalue weighted by Crippen LogP contribution is 2.38. The number of hydrogen-bond donors (Lipinski definition) is 1. The molecule has 0 aromatic heterocycles. The first-order valence-electron chi connectivity index (χ1n) is 9.06. The van der Waals surface area contributed by atoms with Crippen LogP contribution in [0, 0.1) is 24.7 Å². The van der Waals surface area contributed by atoms with Crippen molar-refractivity contribution in [2.45, 2.75) is 34.3 Å². The Balaban J connectivity index is 2.13. The molecule has 0 fully saturated rings. The predicted molar refractivity (Wildman–Crippen MR) is 108 cm³/mol. The van der Waals surface area contributed by atoms with Crippen LogP contribution in [-0.2, 0) is 16.1 Å². The van der Waals surface area contributed by atoms with Crippen LogP contribution in [-0.4, -0.2) is 32.7 Å². The van der Waals surface area contributed by atoms with Crippen LogP contribution in [0.15, 0.2) is 24.3 Å². The number of carbonyl (C=O) groups excluding carboxylic acids is 1. The van der Waals surface area contributed by atoms with E-state index in [0.29, 0.717) is 34.1 Å². The summed E-state index contributed by atoms with van der Waals surface area (Å²) < 4.78 is 12.1. The Hall–Kier alpha value is -3.53. The van der Waals surface area contributed by atoms with Crippen LogP contribution in [0.2, 0.25) is 0 Å². The molecule has 0 unspecified atom stereocenters. The van der Waals surface area contributed by atoms with Crippen molar-refractivity contribution >= 4 is 5.97 Å². The third-order valence-electron chi connectivity index (χ3n) is 4.51. The Bertz CT molecular complexity index is 1070. The molecular formula is C22H23N3O4. The number of aryl methyl sites for hydroxylation is 1. The Morgan fingerprint density at radius 2 is 1.90 bits per heavy atom. The van der Waals surface area contributed by atoms with Crippen LogP contribution < -0.4 is 4.74 Å². The summed E-state index contributed by atoms with van der Waals surface area (Å²) in [4.78, 5) is 21.0. The lowest BCUT2D eigenvalue weighted by molar-refractivity contribution is -0.154. The van der Waals surface area contributed by atoms with Gasteiger partial charge in [-0.1, -0.05) is 0 Å². The quantitative estimate of drug-likeness (QED) is 0.540. The normalized spacial score (nSPS) is 11.3. The number of nitrogens with zero attached hydrogens (tertiary/aromatic N) is 3. The summed E-state index contributed by atoms with van der Waals surface area (Å²) in [5.74, 6) is 3.21. The molecule has 7 heteroatoms. The van der Waals surface area contributed by atoms with Crippen molar-refractivity contribution in [2.75, 3.05) is 7.11 Å². The van der Waals surface area contributed by atoms with Crippen LogP contribution >= 0.6 is 0 Å². The maximum absolute atomic E-state index is 12.2. The second-order valence-corrected chi connectivity index (χ2v) is 7.64. The van der Waals surface area contributed by atoms with E-state index in [2.05, 4.69) is 15.9 Å². The van der Waals surface area contributed by atoms with Crippen LogP contribution in [0.1, 0.15) is 37.9 Å². The predicted octanol–water partition coefficient (Wildman–Crippen LogP) is 3.47. The van der Waals surface area contributed by atoms with Gasteiger partial charge in [0, 0.05) is 11.3 Å². The summed E-state index contributed by atoms with van der Waals surface area (Å²) in [7, 11) is 1.57. The highest BCUT2D eigenvalue weighted by molar-refractivity contribution is 5.76. The molecule has 0 aliphatic carbocycles. The molecule has 0 saturated carbocycles. The molecule has 150 valence electrons. The van der Waals surface area contributed by atoms with Crippen LogP contribution in [0.25, 0.3) is 17.1 Å². The second-order valence-electron chi connectivity index (χ2n) is 7.64. The number of aromatic nitrogens is 3. The van der Waals surface area contributed by atoms with Gasteiger partial charge in [-0.3, -0.25) is 9.36 Å². The van der Waals surface area contributed by atoms with Gasteiger partial charge in [-0.15, -0.1) is 6.42 Å². The summed E-state index contributed by atoms with van der Waals surface area (Å²) in [5, 5.41) is 11.1. The number of ether oxygens (including phenoxy) is 2. The number of fused-ring (bicyclic) bond motifs is 1. The minimum Gasteiger partial charge on any atom is -0.497 e. The number of carbonyl (C=O) groups is 1. The van der Waals surface area contributed by atoms with Crippen molar-refractivity contribution in [3.63, 3.8) is 0 Å². The van der Waals surface area contributed by atoms with Gasteiger partial charge in [0.05, 0.1) is 23.8 Å². The lowest BCUT2D eigenvalue weighted by atomic mass is 9.97. The van der Waals surface area contributed by atoms with Crippen molar-refractivity contribution in [3.05, 3.63) is 41.3 Å². The van der Waals surface area contributed by atoms with Crippen molar-refractivity contribution in [1.29, 1.82) is 0 Å². The lowest BCUT2D eigenvalue weighted by Crippen LogP contribution is -2.22. The van der Waals surface area contributed by atoms with Gasteiger partial charge in [0.1, 0.15) is 12.4 Å². The molecule has 0 amide bonds. The molecule has 1 N–H and O–H groups in total. The van der Waals surface area contributed by atoms with Crippen molar-refractivity contribution in [1.82, 2.24) is 14.5 Å². The van der Waals surface area contributed by atoms with E-state index in [4.69, 9.17) is 15.9 Å². The average molecular weight is 393 g/mol. The molecule has 0 bridgehead atoms. The first kappa shape index (κ1) is 20.2. The van der Waals surface area contributed by atoms with E-state index in [1.165, 1.54) is 4.57 Å². The average Bonchev–Trinajstić information content (AvgIpc) is 3.00. The molecule has 2 aliphatic rings. The van der Waals surface area contributed by atoms with Gasteiger partial charge in [0.15, 0.2) is 11.6 Å². The summed E-state index contributed by atoms with van der Waals surface area (Å²) >= 11 is 0. The Morgan fingerprint density at radius 3 is 2.45 bits per heavy atom. The first-order chi connectivity index (χ1) is 13.7. The maximum atomic E-state index is 12.2. The zero-order chi connectivity index (χ0) is 21.3. The monoisotopic (exact) mass is 393 g/mol. The fourth-order valence-corrected chi connectivity index (χ4v) is 2.88. The molecule has 29 heavy (non-hydrogen) atoms. The van der Waals surface area contributed by atoms with E-state index >= 15 is 0 Å². The first-order valence-corrected chi connectivity index (χ1v) is 9.06. The second kappa shape index (κ2) is 7.47. The zero-order valence-electron chi connectivity index (χ0n) is 17.1. The molecule has 0 saturated heterocycles. The van der Waals surface area contributed by atoms with E-state index in [9.17, 15) is 9.90 Å². The molecule has 7 nitrogen and oxygen atoms in total. The molecular weight excluding hydrogens is 370 g/mol. The molecule has 0 spiro atoms. The van der Waals surface area contributed by atoms with Gasteiger partial charge in [-0.2, -0.15) is 0 Å². The third-order valence-corrected chi connectivity index (χ3v) is 4.51.